The Morgan fingerprint density at radius 2 is 2.00 bits per heavy atom. The number of halogens is 1. The van der Waals surface area contributed by atoms with Crippen molar-refractivity contribution in [2.45, 2.75) is 38.5 Å². The molecule has 1 aromatic heterocycles. The topological polar surface area (TPSA) is 107 Å². The molecule has 29 heavy (non-hydrogen) atoms. The summed E-state index contributed by atoms with van der Waals surface area (Å²) in [5.74, 6) is -1.12. The molecule has 0 radical (unpaired) electrons. The summed E-state index contributed by atoms with van der Waals surface area (Å²) >= 11 is 6.02. The first-order valence-electron chi connectivity index (χ1n) is 9.68. The lowest BCUT2D eigenvalue weighted by molar-refractivity contribution is -0.123. The third-order valence-electron chi connectivity index (χ3n) is 5.37. The molecule has 1 fully saturated rings. The molecule has 8 nitrogen and oxygen atoms in total. The minimum Gasteiger partial charge on any atom is -0.342 e. The van der Waals surface area contributed by atoms with E-state index in [4.69, 9.17) is 11.6 Å². The molecule has 0 bridgehead atoms. The van der Waals surface area contributed by atoms with Crippen molar-refractivity contribution in [2.24, 2.45) is 0 Å². The summed E-state index contributed by atoms with van der Waals surface area (Å²) in [6.07, 6.45) is 3.08. The first-order chi connectivity index (χ1) is 13.9. The number of aromatic nitrogens is 2. The third-order valence-corrected chi connectivity index (χ3v) is 5.60. The van der Waals surface area contributed by atoms with Crippen molar-refractivity contribution in [2.75, 3.05) is 28.6 Å². The Kier molecular flexibility index (Phi) is 5.27. The fraction of sp³-hybridized carbons (Fsp3) is 0.400. The van der Waals surface area contributed by atoms with Crippen LogP contribution in [-0.2, 0) is 9.59 Å². The predicted molar refractivity (Wildman–Crippen MR) is 112 cm³/mol. The highest BCUT2D eigenvalue weighted by molar-refractivity contribution is 6.31. The molecule has 0 aliphatic carbocycles. The summed E-state index contributed by atoms with van der Waals surface area (Å²) in [4.78, 5) is 47.3. The van der Waals surface area contributed by atoms with Crippen LogP contribution in [0.25, 0.3) is 0 Å². The molecule has 4 rings (SSSR count). The summed E-state index contributed by atoms with van der Waals surface area (Å²) in [6, 6.07) is 5.16. The summed E-state index contributed by atoms with van der Waals surface area (Å²) < 4.78 is 0. The van der Waals surface area contributed by atoms with Crippen LogP contribution in [0, 0.1) is 6.92 Å². The van der Waals surface area contributed by atoms with Crippen LogP contribution in [0.15, 0.2) is 23.0 Å². The molecule has 1 aromatic carbocycles. The number of benzene rings is 1. The van der Waals surface area contributed by atoms with Gasteiger partial charge in [-0.2, -0.15) is 4.98 Å². The van der Waals surface area contributed by atoms with Crippen molar-refractivity contribution in [3.8, 4) is 0 Å². The van der Waals surface area contributed by atoms with Crippen LogP contribution in [-0.4, -0.2) is 34.9 Å². The molecule has 3 heterocycles. The van der Waals surface area contributed by atoms with Crippen molar-refractivity contribution in [1.29, 1.82) is 0 Å². The minimum absolute atomic E-state index is 0.119. The van der Waals surface area contributed by atoms with Gasteiger partial charge in [-0.1, -0.05) is 17.7 Å². The van der Waals surface area contributed by atoms with Gasteiger partial charge in [0.2, 0.25) is 17.8 Å². The van der Waals surface area contributed by atoms with Crippen molar-refractivity contribution >= 4 is 40.9 Å². The van der Waals surface area contributed by atoms with Crippen LogP contribution >= 0.6 is 11.6 Å². The fourth-order valence-electron chi connectivity index (χ4n) is 3.79. The van der Waals surface area contributed by atoms with Crippen molar-refractivity contribution in [3.05, 3.63) is 44.7 Å². The van der Waals surface area contributed by atoms with Gasteiger partial charge in [-0.3, -0.25) is 19.4 Å². The molecule has 2 amide bonds. The Morgan fingerprint density at radius 1 is 1.24 bits per heavy atom. The van der Waals surface area contributed by atoms with E-state index < -0.39 is 17.4 Å². The Morgan fingerprint density at radius 3 is 2.76 bits per heavy atom. The van der Waals surface area contributed by atoms with E-state index in [1.165, 1.54) is 0 Å². The number of anilines is 3. The summed E-state index contributed by atoms with van der Waals surface area (Å²) in [6.45, 7) is 3.44. The second-order valence-electron chi connectivity index (χ2n) is 7.45. The van der Waals surface area contributed by atoms with Crippen molar-refractivity contribution < 1.29 is 9.59 Å². The number of piperidine rings is 1. The lowest BCUT2D eigenvalue weighted by atomic mass is 9.92. The molecular weight excluding hydrogens is 394 g/mol. The van der Waals surface area contributed by atoms with Gasteiger partial charge in [-0.15, -0.1) is 0 Å². The van der Waals surface area contributed by atoms with Crippen molar-refractivity contribution in [3.63, 3.8) is 0 Å². The van der Waals surface area contributed by atoms with E-state index in [1.54, 1.807) is 18.2 Å². The number of aryl methyl sites for hydroxylation is 1. The number of nitrogens with zero attached hydrogens (tertiary/aromatic N) is 2. The maximum Gasteiger partial charge on any atom is 0.258 e. The largest absolute Gasteiger partial charge is 0.342 e. The van der Waals surface area contributed by atoms with Crippen LogP contribution < -0.4 is 21.1 Å². The zero-order chi connectivity index (χ0) is 20.5. The zero-order valence-corrected chi connectivity index (χ0v) is 16.8. The highest BCUT2D eigenvalue weighted by Crippen LogP contribution is 2.31. The molecule has 2 aromatic rings. The van der Waals surface area contributed by atoms with E-state index in [1.807, 2.05) is 11.8 Å². The number of hydrogen-bond donors (Lipinski definition) is 3. The lowest BCUT2D eigenvalue weighted by Crippen LogP contribution is -2.38. The zero-order valence-electron chi connectivity index (χ0n) is 16.0. The number of nitrogens with one attached hydrogen (secondary N) is 3. The van der Waals surface area contributed by atoms with E-state index >= 15 is 0 Å². The van der Waals surface area contributed by atoms with Gasteiger partial charge in [-0.05, 0) is 43.9 Å². The second-order valence-corrected chi connectivity index (χ2v) is 7.89. The number of aromatic amines is 1. The molecule has 2 aliphatic rings. The molecule has 152 valence electrons. The average molecular weight is 416 g/mol. The number of amides is 2. The number of hydrogen-bond acceptors (Lipinski definition) is 5. The van der Waals surface area contributed by atoms with Crippen LogP contribution in [0.4, 0.5) is 17.5 Å². The molecule has 2 aliphatic heterocycles. The van der Waals surface area contributed by atoms with Gasteiger partial charge in [0.05, 0.1) is 11.5 Å². The third kappa shape index (κ3) is 3.98. The Hall–Kier alpha value is -2.87. The van der Waals surface area contributed by atoms with E-state index in [0.29, 0.717) is 16.7 Å². The molecule has 0 spiro atoms. The average Bonchev–Trinajstić information content (AvgIpc) is 2.70. The van der Waals surface area contributed by atoms with E-state index in [0.717, 1.165) is 37.9 Å². The first-order valence-corrected chi connectivity index (χ1v) is 10.1. The van der Waals surface area contributed by atoms with Crippen LogP contribution in [0.3, 0.4) is 0 Å². The summed E-state index contributed by atoms with van der Waals surface area (Å²) in [7, 11) is 0. The fourth-order valence-corrected chi connectivity index (χ4v) is 3.96. The Bertz CT molecular complexity index is 1030. The number of fused-ring (bicyclic) bond motifs is 1. The standard InChI is InChI=1S/C20H22ClN5O3/c1-11-5-6-12(21)9-14(11)22-18(28)13-10-15(27)23-17-16(13)19(29)25-20(24-17)26-7-3-2-4-8-26/h5-6,9,13H,2-4,7-8,10H2,1H3,(H,22,28)(H2,23,24,25,27,29)/t13-/m0/s1. The molecule has 0 saturated carbocycles. The Balaban J connectivity index is 1.66. The number of carbonyl (C=O) groups excluding carboxylic acids is 2. The van der Waals surface area contributed by atoms with Gasteiger partial charge in [0.1, 0.15) is 5.82 Å². The second kappa shape index (κ2) is 7.87. The molecule has 0 unspecified atom stereocenters. The van der Waals surface area contributed by atoms with Gasteiger partial charge >= 0.3 is 0 Å². The Labute approximate surface area is 172 Å². The smallest absolute Gasteiger partial charge is 0.258 e. The highest BCUT2D eigenvalue weighted by Gasteiger charge is 2.35. The van der Waals surface area contributed by atoms with Gasteiger partial charge in [-0.25, -0.2) is 0 Å². The number of rotatable bonds is 3. The van der Waals surface area contributed by atoms with Gasteiger partial charge < -0.3 is 15.5 Å². The molecule has 3 N–H and O–H groups in total. The van der Waals surface area contributed by atoms with E-state index in [-0.39, 0.29) is 23.7 Å². The van der Waals surface area contributed by atoms with Gasteiger partial charge in [0.15, 0.2) is 0 Å². The van der Waals surface area contributed by atoms with Gasteiger partial charge in [0.25, 0.3) is 5.56 Å². The molecule has 9 heteroatoms. The predicted octanol–water partition coefficient (Wildman–Crippen LogP) is 2.79. The van der Waals surface area contributed by atoms with Crippen LogP contribution in [0.1, 0.15) is 42.7 Å². The first kappa shape index (κ1) is 19.4. The quantitative estimate of drug-likeness (QED) is 0.714. The number of carbonyl (C=O) groups is 2. The maximum atomic E-state index is 13.0. The van der Waals surface area contributed by atoms with Gasteiger partial charge in [0, 0.05) is 30.2 Å². The summed E-state index contributed by atoms with van der Waals surface area (Å²) in [5.41, 5.74) is 1.15. The normalized spacial score (nSPS) is 18.8. The minimum atomic E-state index is -0.927. The van der Waals surface area contributed by atoms with Crippen molar-refractivity contribution in [1.82, 2.24) is 9.97 Å². The maximum absolute atomic E-state index is 13.0. The molecule has 1 atom stereocenters. The lowest BCUT2D eigenvalue weighted by Gasteiger charge is -2.29. The van der Waals surface area contributed by atoms with Crippen LogP contribution in [0.5, 0.6) is 0 Å². The monoisotopic (exact) mass is 415 g/mol. The van der Waals surface area contributed by atoms with Crippen LogP contribution in [0.2, 0.25) is 5.02 Å². The molecular formula is C20H22ClN5O3. The summed E-state index contributed by atoms with van der Waals surface area (Å²) in [5, 5.41) is 5.93. The number of H-pyrrole nitrogens is 1. The SMILES string of the molecule is Cc1ccc(Cl)cc1NC(=O)[C@H]1CC(=O)Nc2nc(N3CCCCC3)[nH]c(=O)c21. The highest BCUT2D eigenvalue weighted by atomic mass is 35.5. The van der Waals surface area contributed by atoms with E-state index in [9.17, 15) is 14.4 Å². The molecule has 1 saturated heterocycles. The van der Waals surface area contributed by atoms with E-state index in [2.05, 4.69) is 20.6 Å².